The van der Waals surface area contributed by atoms with Crippen LogP contribution in [0.25, 0.3) is 21.2 Å². The summed E-state index contributed by atoms with van der Waals surface area (Å²) in [5, 5.41) is 3.09. The number of nitrogens with zero attached hydrogens (tertiary/aromatic N) is 2. The fraction of sp³-hybridized carbons (Fsp3) is 0.143. The van der Waals surface area contributed by atoms with Gasteiger partial charge in [-0.1, -0.05) is 29.5 Å². The zero-order valence-corrected chi connectivity index (χ0v) is 17.8. The maximum Gasteiger partial charge on any atom is 0.349 e. The normalized spacial score (nSPS) is 11.7. The van der Waals surface area contributed by atoms with Crippen LogP contribution in [0.2, 0.25) is 0 Å². The molecule has 2 aromatic heterocycles. The van der Waals surface area contributed by atoms with Gasteiger partial charge >= 0.3 is 5.63 Å². The molecule has 0 spiro atoms. The third kappa shape index (κ3) is 3.89. The summed E-state index contributed by atoms with van der Waals surface area (Å²) in [6.45, 7) is 2.51. The van der Waals surface area contributed by atoms with Crippen molar-refractivity contribution in [3.05, 3.63) is 69.3 Å². The Labute approximate surface area is 180 Å². The summed E-state index contributed by atoms with van der Waals surface area (Å²) < 4.78 is 13.6. The quantitative estimate of drug-likeness (QED) is 0.391. The second-order valence-corrected chi connectivity index (χ2v) is 7.76. The number of para-hydroxylation sites is 1. The lowest BCUT2D eigenvalue weighted by Gasteiger charge is -2.03. The number of thiazole rings is 1. The molecule has 4 aromatic rings. The molecular weight excluding hydrogens is 422 g/mol. The number of benzene rings is 2. The Morgan fingerprint density at radius 2 is 2.07 bits per heavy atom. The number of hydrogen-bond acceptors (Lipinski definition) is 6. The largest absolute Gasteiger partial charge is 0.494 e. The SMILES string of the molecule is CCOc1ccc2c(c1)s/c(=N/C(=S)NC(=O)c1cc3ccccc3oc1=O)n2C. The highest BCUT2D eigenvalue weighted by atomic mass is 32.1. The summed E-state index contributed by atoms with van der Waals surface area (Å²) in [6.07, 6.45) is 0. The van der Waals surface area contributed by atoms with E-state index in [0.717, 1.165) is 16.0 Å². The molecule has 2 aromatic carbocycles. The number of aromatic nitrogens is 1. The van der Waals surface area contributed by atoms with E-state index in [2.05, 4.69) is 10.3 Å². The molecule has 0 fully saturated rings. The van der Waals surface area contributed by atoms with E-state index >= 15 is 0 Å². The van der Waals surface area contributed by atoms with Crippen molar-refractivity contribution < 1.29 is 13.9 Å². The highest BCUT2D eigenvalue weighted by molar-refractivity contribution is 7.80. The second-order valence-electron chi connectivity index (χ2n) is 6.36. The number of carbonyl (C=O) groups excluding carboxylic acids is 1. The lowest BCUT2D eigenvalue weighted by atomic mass is 10.2. The number of aryl methyl sites for hydroxylation is 1. The summed E-state index contributed by atoms with van der Waals surface area (Å²) >= 11 is 6.64. The lowest BCUT2D eigenvalue weighted by Crippen LogP contribution is -2.32. The number of fused-ring (bicyclic) bond motifs is 2. The molecule has 30 heavy (non-hydrogen) atoms. The first kappa shape index (κ1) is 20.0. The minimum absolute atomic E-state index is 0.0419. The number of thiocarbonyl (C=S) groups is 1. The average Bonchev–Trinajstić information content (AvgIpc) is 3.02. The molecule has 7 nitrogen and oxygen atoms in total. The Balaban J connectivity index is 1.62. The van der Waals surface area contributed by atoms with Crippen molar-refractivity contribution in [2.24, 2.45) is 12.0 Å². The highest BCUT2D eigenvalue weighted by Gasteiger charge is 2.15. The third-order valence-electron chi connectivity index (χ3n) is 4.40. The molecule has 1 amide bonds. The van der Waals surface area contributed by atoms with Gasteiger partial charge in [0.05, 0.1) is 16.8 Å². The van der Waals surface area contributed by atoms with Crippen molar-refractivity contribution in [3.8, 4) is 5.75 Å². The Bertz CT molecular complexity index is 1420. The van der Waals surface area contributed by atoms with Crippen LogP contribution < -0.4 is 20.5 Å². The van der Waals surface area contributed by atoms with E-state index < -0.39 is 11.5 Å². The van der Waals surface area contributed by atoms with Crippen LogP contribution in [-0.2, 0) is 7.05 Å². The van der Waals surface area contributed by atoms with Gasteiger partial charge in [0.15, 0.2) is 4.80 Å². The van der Waals surface area contributed by atoms with E-state index in [1.54, 1.807) is 24.3 Å². The average molecular weight is 440 g/mol. The Hall–Kier alpha value is -3.30. The van der Waals surface area contributed by atoms with Crippen molar-refractivity contribution in [2.75, 3.05) is 6.61 Å². The van der Waals surface area contributed by atoms with Crippen molar-refractivity contribution in [3.63, 3.8) is 0 Å². The first-order valence-corrected chi connectivity index (χ1v) is 10.3. The summed E-state index contributed by atoms with van der Waals surface area (Å²) in [5.41, 5.74) is 0.514. The Morgan fingerprint density at radius 3 is 2.87 bits per heavy atom. The number of carbonyl (C=O) groups is 1. The predicted molar refractivity (Wildman–Crippen MR) is 120 cm³/mol. The monoisotopic (exact) mass is 439 g/mol. The molecule has 0 saturated heterocycles. The van der Waals surface area contributed by atoms with Crippen molar-refractivity contribution in [1.82, 2.24) is 9.88 Å². The summed E-state index contributed by atoms with van der Waals surface area (Å²) in [7, 11) is 1.86. The van der Waals surface area contributed by atoms with Crippen LogP contribution in [0, 0.1) is 0 Å². The van der Waals surface area contributed by atoms with Crippen molar-refractivity contribution in [1.29, 1.82) is 0 Å². The lowest BCUT2D eigenvalue weighted by molar-refractivity contribution is 0.0974. The molecule has 0 atom stereocenters. The number of hydrogen-bond donors (Lipinski definition) is 1. The van der Waals surface area contributed by atoms with Crippen LogP contribution in [-0.4, -0.2) is 22.2 Å². The van der Waals surface area contributed by atoms with Crippen LogP contribution in [0.1, 0.15) is 17.3 Å². The molecule has 152 valence electrons. The summed E-state index contributed by atoms with van der Waals surface area (Å²) in [5.74, 6) is 0.114. The van der Waals surface area contributed by atoms with Crippen LogP contribution >= 0.6 is 23.6 Å². The zero-order valence-electron chi connectivity index (χ0n) is 16.2. The smallest absolute Gasteiger partial charge is 0.349 e. The van der Waals surface area contributed by atoms with Crippen LogP contribution in [0.3, 0.4) is 0 Å². The fourth-order valence-electron chi connectivity index (χ4n) is 2.98. The maximum atomic E-state index is 12.5. The van der Waals surface area contributed by atoms with E-state index in [0.29, 0.717) is 22.4 Å². The standard InChI is InChI=1S/C21H17N3O4S2/c1-3-27-13-8-9-15-17(11-13)30-21(24(15)2)23-20(29)22-18(25)14-10-12-6-4-5-7-16(12)28-19(14)26/h4-11H,3H2,1-2H3,(H,22,25,29)/b23-21+. The van der Waals surface area contributed by atoms with Crippen LogP contribution in [0.15, 0.2) is 62.7 Å². The van der Waals surface area contributed by atoms with Gasteiger partial charge in [-0.3, -0.25) is 10.1 Å². The molecule has 2 heterocycles. The number of nitrogens with one attached hydrogen (secondary N) is 1. The topological polar surface area (TPSA) is 85.8 Å². The van der Waals surface area contributed by atoms with E-state index in [1.165, 1.54) is 17.4 Å². The highest BCUT2D eigenvalue weighted by Crippen LogP contribution is 2.22. The fourth-order valence-corrected chi connectivity index (χ4v) is 4.27. The molecule has 0 radical (unpaired) electrons. The minimum atomic E-state index is -0.732. The molecular formula is C21H17N3O4S2. The van der Waals surface area contributed by atoms with Gasteiger partial charge in [-0.25, -0.2) is 4.79 Å². The second kappa shape index (κ2) is 8.21. The minimum Gasteiger partial charge on any atom is -0.494 e. The van der Waals surface area contributed by atoms with Gasteiger partial charge in [-0.2, -0.15) is 4.99 Å². The molecule has 4 rings (SSSR count). The van der Waals surface area contributed by atoms with E-state index in [-0.39, 0.29) is 10.7 Å². The van der Waals surface area contributed by atoms with Gasteiger partial charge in [0.1, 0.15) is 16.9 Å². The number of amides is 1. The molecule has 0 aliphatic heterocycles. The molecule has 0 aliphatic carbocycles. The molecule has 0 aliphatic rings. The molecule has 0 saturated carbocycles. The van der Waals surface area contributed by atoms with Gasteiger partial charge in [-0.15, -0.1) is 0 Å². The summed E-state index contributed by atoms with van der Waals surface area (Å²) in [4.78, 5) is 29.6. The van der Waals surface area contributed by atoms with Crippen molar-refractivity contribution in [2.45, 2.75) is 6.92 Å². The van der Waals surface area contributed by atoms with Gasteiger partial charge < -0.3 is 13.7 Å². The molecule has 9 heteroatoms. The van der Waals surface area contributed by atoms with E-state index in [9.17, 15) is 9.59 Å². The van der Waals surface area contributed by atoms with Crippen molar-refractivity contribution >= 4 is 55.8 Å². The molecule has 0 unspecified atom stereocenters. The molecule has 1 N–H and O–H groups in total. The zero-order chi connectivity index (χ0) is 21.3. The molecule has 0 bridgehead atoms. The number of rotatable bonds is 3. The number of ether oxygens (including phenoxy) is 1. The first-order valence-electron chi connectivity index (χ1n) is 9.11. The Morgan fingerprint density at radius 1 is 1.27 bits per heavy atom. The van der Waals surface area contributed by atoms with Gasteiger partial charge in [-0.05, 0) is 49.5 Å². The van der Waals surface area contributed by atoms with Crippen LogP contribution in [0.5, 0.6) is 5.75 Å². The maximum absolute atomic E-state index is 12.5. The van der Waals surface area contributed by atoms with E-state index in [1.807, 2.05) is 36.7 Å². The van der Waals surface area contributed by atoms with E-state index in [4.69, 9.17) is 21.4 Å². The van der Waals surface area contributed by atoms with Gasteiger partial charge in [0.2, 0.25) is 5.11 Å². The van der Waals surface area contributed by atoms with Gasteiger partial charge in [0.25, 0.3) is 5.91 Å². The Kier molecular flexibility index (Phi) is 5.47. The third-order valence-corrected chi connectivity index (χ3v) is 5.68. The summed E-state index contributed by atoms with van der Waals surface area (Å²) in [6, 6.07) is 14.2. The van der Waals surface area contributed by atoms with Crippen LogP contribution in [0.4, 0.5) is 0 Å². The predicted octanol–water partition coefficient (Wildman–Crippen LogP) is 3.36. The first-order chi connectivity index (χ1) is 14.5. The van der Waals surface area contributed by atoms with Gasteiger partial charge in [0, 0.05) is 12.4 Å².